The minimum atomic E-state index is -4.31. The van der Waals surface area contributed by atoms with Gasteiger partial charge in [0.15, 0.2) is 0 Å². The summed E-state index contributed by atoms with van der Waals surface area (Å²) in [6, 6.07) is 3.28. The van der Waals surface area contributed by atoms with Gasteiger partial charge in [-0.2, -0.15) is 13.2 Å². The molecule has 0 saturated heterocycles. The second kappa shape index (κ2) is 3.50. The fourth-order valence-corrected chi connectivity index (χ4v) is 1.65. The number of nitrogens with two attached hydrogens (primary N) is 1. The van der Waals surface area contributed by atoms with Crippen molar-refractivity contribution in [1.29, 1.82) is 0 Å². The maximum absolute atomic E-state index is 12.4. The third-order valence-electron chi connectivity index (χ3n) is 2.42. The third-order valence-corrected chi connectivity index (χ3v) is 2.42. The summed E-state index contributed by atoms with van der Waals surface area (Å²) in [5.41, 5.74) is 6.32. The zero-order valence-corrected chi connectivity index (χ0v) is 7.84. The predicted octanol–water partition coefficient (Wildman–Crippen LogP) is 2.24. The topological polar surface area (TPSA) is 35.2 Å². The number of halogens is 3. The number of ether oxygens (including phenoxy) is 1. The largest absolute Gasteiger partial charge is 0.416 e. The van der Waals surface area contributed by atoms with Gasteiger partial charge in [-0.1, -0.05) is 6.07 Å². The standard InChI is InChI=1S/C10H10F3NO/c11-10(12,13)7-1-2-8-6(3-7)4-15-5-9(8)14/h1-3,9H,4-5,14H2/t9-/m1/s1. The zero-order valence-electron chi connectivity index (χ0n) is 7.84. The molecule has 0 unspecified atom stereocenters. The molecule has 0 fully saturated rings. The van der Waals surface area contributed by atoms with Crippen LogP contribution >= 0.6 is 0 Å². The Hall–Kier alpha value is -1.07. The van der Waals surface area contributed by atoms with E-state index >= 15 is 0 Å². The van der Waals surface area contributed by atoms with Crippen molar-refractivity contribution in [3.8, 4) is 0 Å². The van der Waals surface area contributed by atoms with Gasteiger partial charge in [-0.15, -0.1) is 0 Å². The molecule has 1 aromatic rings. The van der Waals surface area contributed by atoms with Crippen molar-refractivity contribution in [2.75, 3.05) is 6.61 Å². The van der Waals surface area contributed by atoms with Gasteiger partial charge < -0.3 is 10.5 Å². The Kier molecular flexibility index (Phi) is 2.44. The molecule has 2 rings (SSSR count). The summed E-state index contributed by atoms with van der Waals surface area (Å²) >= 11 is 0. The molecule has 1 aliphatic rings. The van der Waals surface area contributed by atoms with E-state index in [0.29, 0.717) is 12.2 Å². The summed E-state index contributed by atoms with van der Waals surface area (Å²) in [4.78, 5) is 0. The molecule has 2 N–H and O–H groups in total. The lowest BCUT2D eigenvalue weighted by atomic mass is 9.97. The molecule has 2 nitrogen and oxygen atoms in total. The maximum atomic E-state index is 12.4. The summed E-state index contributed by atoms with van der Waals surface area (Å²) in [6.45, 7) is 0.561. The van der Waals surface area contributed by atoms with Crippen molar-refractivity contribution in [2.45, 2.75) is 18.8 Å². The van der Waals surface area contributed by atoms with E-state index in [0.717, 1.165) is 17.7 Å². The van der Waals surface area contributed by atoms with Crippen LogP contribution in [-0.2, 0) is 17.5 Å². The lowest BCUT2D eigenvalue weighted by Crippen LogP contribution is -2.24. The first-order chi connectivity index (χ1) is 6.98. The van der Waals surface area contributed by atoms with Gasteiger partial charge in [0, 0.05) is 0 Å². The van der Waals surface area contributed by atoms with Gasteiger partial charge >= 0.3 is 6.18 Å². The molecule has 1 aliphatic heterocycles. The summed E-state index contributed by atoms with van der Waals surface area (Å²) in [5, 5.41) is 0. The lowest BCUT2D eigenvalue weighted by molar-refractivity contribution is -0.137. The molecular formula is C10H10F3NO. The molecule has 0 saturated carbocycles. The van der Waals surface area contributed by atoms with Crippen LogP contribution in [0.5, 0.6) is 0 Å². The Morgan fingerprint density at radius 2 is 2.07 bits per heavy atom. The SMILES string of the molecule is N[C@@H]1COCc2cc(C(F)(F)F)ccc21. The van der Waals surface area contributed by atoms with Gasteiger partial charge in [-0.3, -0.25) is 0 Å². The maximum Gasteiger partial charge on any atom is 0.416 e. The summed E-state index contributed by atoms with van der Waals surface area (Å²) in [6.07, 6.45) is -4.31. The van der Waals surface area contributed by atoms with E-state index < -0.39 is 11.7 Å². The summed E-state index contributed by atoms with van der Waals surface area (Å²) in [5.74, 6) is 0. The predicted molar refractivity (Wildman–Crippen MR) is 48.0 cm³/mol. The van der Waals surface area contributed by atoms with E-state index in [-0.39, 0.29) is 12.6 Å². The Morgan fingerprint density at radius 3 is 2.73 bits per heavy atom. The fourth-order valence-electron chi connectivity index (χ4n) is 1.65. The molecule has 1 atom stereocenters. The summed E-state index contributed by atoms with van der Waals surface area (Å²) < 4.78 is 42.2. The number of hydrogen-bond acceptors (Lipinski definition) is 2. The highest BCUT2D eigenvalue weighted by atomic mass is 19.4. The van der Waals surface area contributed by atoms with Gasteiger partial charge in [0.1, 0.15) is 0 Å². The number of fused-ring (bicyclic) bond motifs is 1. The first kappa shape index (κ1) is 10.4. The quantitative estimate of drug-likeness (QED) is 0.723. The van der Waals surface area contributed by atoms with Crippen molar-refractivity contribution in [1.82, 2.24) is 0 Å². The molecule has 0 spiro atoms. The second-order valence-electron chi connectivity index (χ2n) is 3.53. The van der Waals surface area contributed by atoms with E-state index in [1.165, 1.54) is 6.07 Å². The van der Waals surface area contributed by atoms with E-state index in [9.17, 15) is 13.2 Å². The normalized spacial score (nSPS) is 21.2. The average molecular weight is 217 g/mol. The molecule has 5 heteroatoms. The van der Waals surface area contributed by atoms with Crippen LogP contribution in [0.4, 0.5) is 13.2 Å². The Balaban J connectivity index is 2.42. The number of benzene rings is 1. The average Bonchev–Trinajstić information content (AvgIpc) is 2.16. The van der Waals surface area contributed by atoms with Gasteiger partial charge in [0.2, 0.25) is 0 Å². The van der Waals surface area contributed by atoms with Crippen LogP contribution in [0.2, 0.25) is 0 Å². The Morgan fingerprint density at radius 1 is 1.33 bits per heavy atom. The van der Waals surface area contributed by atoms with Crippen LogP contribution in [0.3, 0.4) is 0 Å². The third kappa shape index (κ3) is 1.98. The van der Waals surface area contributed by atoms with Crippen LogP contribution in [0, 0.1) is 0 Å². The van der Waals surface area contributed by atoms with E-state index in [2.05, 4.69) is 0 Å². The Bertz CT molecular complexity index is 375. The van der Waals surface area contributed by atoms with Gasteiger partial charge in [-0.05, 0) is 23.3 Å². The van der Waals surface area contributed by atoms with E-state index in [1.807, 2.05) is 0 Å². The number of rotatable bonds is 0. The first-order valence-corrected chi connectivity index (χ1v) is 4.52. The molecule has 0 amide bonds. The minimum absolute atomic E-state index is 0.201. The van der Waals surface area contributed by atoms with E-state index in [4.69, 9.17) is 10.5 Å². The van der Waals surface area contributed by atoms with Crippen LogP contribution < -0.4 is 5.73 Å². The highest BCUT2D eigenvalue weighted by Gasteiger charge is 2.31. The molecule has 1 heterocycles. The molecule has 0 aromatic heterocycles. The van der Waals surface area contributed by atoms with Crippen LogP contribution in [0.25, 0.3) is 0 Å². The monoisotopic (exact) mass is 217 g/mol. The fraction of sp³-hybridized carbons (Fsp3) is 0.400. The molecule has 0 radical (unpaired) electrons. The molecule has 1 aromatic carbocycles. The molecule has 0 aliphatic carbocycles. The highest BCUT2D eigenvalue weighted by molar-refractivity contribution is 5.36. The van der Waals surface area contributed by atoms with Crippen molar-refractivity contribution >= 4 is 0 Å². The van der Waals surface area contributed by atoms with Crippen molar-refractivity contribution in [3.63, 3.8) is 0 Å². The first-order valence-electron chi connectivity index (χ1n) is 4.52. The van der Waals surface area contributed by atoms with Gasteiger partial charge in [-0.25, -0.2) is 0 Å². The number of hydrogen-bond donors (Lipinski definition) is 1. The highest BCUT2D eigenvalue weighted by Crippen LogP contribution is 2.33. The molecule has 0 bridgehead atoms. The van der Waals surface area contributed by atoms with Crippen molar-refractivity contribution in [2.24, 2.45) is 5.73 Å². The van der Waals surface area contributed by atoms with Gasteiger partial charge in [0.25, 0.3) is 0 Å². The lowest BCUT2D eigenvalue weighted by Gasteiger charge is -2.23. The molecular weight excluding hydrogens is 207 g/mol. The Labute approximate surface area is 84.8 Å². The smallest absolute Gasteiger partial charge is 0.375 e. The molecule has 82 valence electrons. The number of alkyl halides is 3. The van der Waals surface area contributed by atoms with Crippen molar-refractivity contribution < 1.29 is 17.9 Å². The summed E-state index contributed by atoms with van der Waals surface area (Å²) in [7, 11) is 0. The molecule has 15 heavy (non-hydrogen) atoms. The zero-order chi connectivity index (χ0) is 11.1. The van der Waals surface area contributed by atoms with Gasteiger partial charge in [0.05, 0.1) is 24.8 Å². The van der Waals surface area contributed by atoms with Crippen LogP contribution in [-0.4, -0.2) is 6.61 Å². The second-order valence-corrected chi connectivity index (χ2v) is 3.53. The van der Waals surface area contributed by atoms with Crippen molar-refractivity contribution in [3.05, 3.63) is 34.9 Å². The van der Waals surface area contributed by atoms with E-state index in [1.54, 1.807) is 0 Å². The van der Waals surface area contributed by atoms with Crippen LogP contribution in [0.15, 0.2) is 18.2 Å². The van der Waals surface area contributed by atoms with Crippen LogP contribution in [0.1, 0.15) is 22.7 Å². The minimum Gasteiger partial charge on any atom is -0.375 e.